The van der Waals surface area contributed by atoms with Gasteiger partial charge in [-0.05, 0) is 36.2 Å². The van der Waals surface area contributed by atoms with Gasteiger partial charge in [-0.25, -0.2) is 0 Å². The summed E-state index contributed by atoms with van der Waals surface area (Å²) < 4.78 is 0. The number of carbonyl (C=O) groups excluding carboxylic acids is 1. The van der Waals surface area contributed by atoms with Gasteiger partial charge in [-0.3, -0.25) is 9.78 Å². The van der Waals surface area contributed by atoms with E-state index in [1.807, 2.05) is 31.3 Å². The first kappa shape index (κ1) is 13.4. The van der Waals surface area contributed by atoms with Crippen molar-refractivity contribution in [3.05, 3.63) is 47.8 Å². The number of hydrogen-bond acceptors (Lipinski definition) is 4. The van der Waals surface area contributed by atoms with Gasteiger partial charge >= 0.3 is 0 Å². The van der Waals surface area contributed by atoms with Crippen molar-refractivity contribution in [3.8, 4) is 0 Å². The minimum atomic E-state index is 0.0523. The Morgan fingerprint density at radius 1 is 1.33 bits per heavy atom. The van der Waals surface area contributed by atoms with Crippen LogP contribution in [0, 0.1) is 0 Å². The Kier molecular flexibility index (Phi) is 3.48. The maximum atomic E-state index is 11.4. The SMILES string of the molecule is CN(Cc1ccccn1)c1cc2c(cc1N)NC(=O)CC2. The average Bonchev–Trinajstić information content (AvgIpc) is 2.47. The van der Waals surface area contributed by atoms with Crippen LogP contribution in [0.1, 0.15) is 17.7 Å². The van der Waals surface area contributed by atoms with Crippen molar-refractivity contribution in [2.75, 3.05) is 23.0 Å². The summed E-state index contributed by atoms with van der Waals surface area (Å²) in [5, 5.41) is 2.87. The Labute approximate surface area is 123 Å². The van der Waals surface area contributed by atoms with Gasteiger partial charge in [0.1, 0.15) is 0 Å². The molecule has 0 radical (unpaired) electrons. The first-order valence-electron chi connectivity index (χ1n) is 6.97. The van der Waals surface area contributed by atoms with Crippen LogP contribution in [0.15, 0.2) is 36.5 Å². The number of nitrogens with one attached hydrogen (secondary N) is 1. The molecule has 0 spiro atoms. The minimum Gasteiger partial charge on any atom is -0.397 e. The van der Waals surface area contributed by atoms with Gasteiger partial charge in [-0.2, -0.15) is 0 Å². The third kappa shape index (κ3) is 2.81. The summed E-state index contributed by atoms with van der Waals surface area (Å²) in [5.41, 5.74) is 10.7. The molecule has 108 valence electrons. The summed E-state index contributed by atoms with van der Waals surface area (Å²) in [6.07, 6.45) is 3.07. The molecule has 1 aromatic heterocycles. The highest BCUT2D eigenvalue weighted by molar-refractivity contribution is 5.95. The first-order chi connectivity index (χ1) is 10.1. The number of hydrogen-bond donors (Lipinski definition) is 2. The van der Waals surface area contributed by atoms with Gasteiger partial charge in [0.05, 0.1) is 23.6 Å². The fourth-order valence-corrected chi connectivity index (χ4v) is 2.58. The number of fused-ring (bicyclic) bond motifs is 1. The molecule has 0 saturated heterocycles. The highest BCUT2D eigenvalue weighted by Gasteiger charge is 2.18. The molecule has 0 aliphatic carbocycles. The molecule has 1 aliphatic heterocycles. The highest BCUT2D eigenvalue weighted by Crippen LogP contribution is 2.33. The van der Waals surface area contributed by atoms with Crippen LogP contribution >= 0.6 is 0 Å². The van der Waals surface area contributed by atoms with Crippen molar-refractivity contribution in [1.82, 2.24) is 4.98 Å². The van der Waals surface area contributed by atoms with E-state index in [1.165, 1.54) is 0 Å². The molecule has 1 aliphatic rings. The standard InChI is InChI=1S/C16H18N4O/c1-20(10-12-4-2-3-7-18-12)15-8-11-5-6-16(21)19-14(11)9-13(15)17/h2-4,7-9H,5-6,10,17H2,1H3,(H,19,21). The molecule has 2 aromatic rings. The second-order valence-electron chi connectivity index (χ2n) is 5.29. The Morgan fingerprint density at radius 2 is 2.19 bits per heavy atom. The number of benzene rings is 1. The molecule has 5 nitrogen and oxygen atoms in total. The van der Waals surface area contributed by atoms with Crippen LogP contribution in [0.5, 0.6) is 0 Å². The van der Waals surface area contributed by atoms with Crippen molar-refractivity contribution in [2.24, 2.45) is 0 Å². The Hall–Kier alpha value is -2.56. The summed E-state index contributed by atoms with van der Waals surface area (Å²) >= 11 is 0. The molecular weight excluding hydrogens is 264 g/mol. The quantitative estimate of drug-likeness (QED) is 0.846. The van der Waals surface area contributed by atoms with Crippen molar-refractivity contribution < 1.29 is 4.79 Å². The largest absolute Gasteiger partial charge is 0.397 e. The number of nitrogens with zero attached hydrogens (tertiary/aromatic N) is 2. The van der Waals surface area contributed by atoms with Crippen LogP contribution < -0.4 is 16.0 Å². The summed E-state index contributed by atoms with van der Waals surface area (Å²) in [6.45, 7) is 0.691. The molecule has 0 atom stereocenters. The first-order valence-corrected chi connectivity index (χ1v) is 6.97. The number of aryl methyl sites for hydroxylation is 1. The number of anilines is 3. The lowest BCUT2D eigenvalue weighted by atomic mass is 10.0. The fraction of sp³-hybridized carbons (Fsp3) is 0.250. The molecule has 3 N–H and O–H groups in total. The van der Waals surface area contributed by atoms with Crippen LogP contribution in [0.4, 0.5) is 17.1 Å². The lowest BCUT2D eigenvalue weighted by Crippen LogP contribution is -2.22. The molecule has 21 heavy (non-hydrogen) atoms. The summed E-state index contributed by atoms with van der Waals surface area (Å²) in [5.74, 6) is 0.0523. The van der Waals surface area contributed by atoms with Crippen LogP contribution in [0.25, 0.3) is 0 Å². The molecule has 0 fully saturated rings. The van der Waals surface area contributed by atoms with Gasteiger partial charge in [0.15, 0.2) is 0 Å². The Morgan fingerprint density at radius 3 is 2.95 bits per heavy atom. The van der Waals surface area contributed by atoms with Crippen molar-refractivity contribution in [2.45, 2.75) is 19.4 Å². The van der Waals surface area contributed by atoms with Crippen molar-refractivity contribution in [1.29, 1.82) is 0 Å². The maximum Gasteiger partial charge on any atom is 0.224 e. The lowest BCUT2D eigenvalue weighted by Gasteiger charge is -2.25. The van der Waals surface area contributed by atoms with Crippen molar-refractivity contribution >= 4 is 23.0 Å². The normalized spacial score (nSPS) is 13.5. The predicted octanol–water partition coefficient (Wildman–Crippen LogP) is 2.18. The van der Waals surface area contributed by atoms with E-state index >= 15 is 0 Å². The number of pyridine rings is 1. The predicted molar refractivity (Wildman–Crippen MR) is 84.1 cm³/mol. The number of aromatic nitrogens is 1. The minimum absolute atomic E-state index is 0.0523. The third-order valence-corrected chi connectivity index (χ3v) is 3.68. The Bertz CT molecular complexity index is 669. The van der Waals surface area contributed by atoms with E-state index in [-0.39, 0.29) is 5.91 Å². The van der Waals surface area contributed by atoms with Gasteiger partial charge < -0.3 is 16.0 Å². The van der Waals surface area contributed by atoms with Crippen LogP contribution in [0.2, 0.25) is 0 Å². The molecule has 0 bridgehead atoms. The second-order valence-corrected chi connectivity index (χ2v) is 5.29. The Balaban J connectivity index is 1.86. The van der Waals surface area contributed by atoms with E-state index in [2.05, 4.69) is 21.3 Å². The van der Waals surface area contributed by atoms with Gasteiger partial charge in [0.25, 0.3) is 0 Å². The van der Waals surface area contributed by atoms with Gasteiger partial charge in [0, 0.05) is 25.4 Å². The molecule has 2 heterocycles. The molecular formula is C16H18N4O. The lowest BCUT2D eigenvalue weighted by molar-refractivity contribution is -0.116. The van der Waals surface area contributed by atoms with Crippen LogP contribution in [-0.2, 0) is 17.8 Å². The molecule has 0 unspecified atom stereocenters. The van der Waals surface area contributed by atoms with E-state index < -0.39 is 0 Å². The number of rotatable bonds is 3. The zero-order chi connectivity index (χ0) is 14.8. The summed E-state index contributed by atoms with van der Waals surface area (Å²) in [7, 11) is 1.99. The molecule has 3 rings (SSSR count). The van der Waals surface area contributed by atoms with Crippen LogP contribution in [0.3, 0.4) is 0 Å². The second kappa shape index (κ2) is 5.44. The van der Waals surface area contributed by atoms with Crippen LogP contribution in [-0.4, -0.2) is 17.9 Å². The number of nitrogen functional groups attached to an aromatic ring is 1. The summed E-state index contributed by atoms with van der Waals surface area (Å²) in [4.78, 5) is 17.8. The molecule has 5 heteroatoms. The topological polar surface area (TPSA) is 71.2 Å². The van der Waals surface area contributed by atoms with Gasteiger partial charge in [0.2, 0.25) is 5.91 Å². The van der Waals surface area contributed by atoms with E-state index in [0.717, 1.165) is 29.1 Å². The molecule has 1 aromatic carbocycles. The zero-order valence-electron chi connectivity index (χ0n) is 12.0. The summed E-state index contributed by atoms with van der Waals surface area (Å²) in [6, 6.07) is 9.77. The number of nitrogens with two attached hydrogens (primary N) is 1. The van der Waals surface area contributed by atoms with Gasteiger partial charge in [-0.15, -0.1) is 0 Å². The third-order valence-electron chi connectivity index (χ3n) is 3.68. The molecule has 0 saturated carbocycles. The van der Waals surface area contributed by atoms with E-state index in [0.29, 0.717) is 18.7 Å². The maximum absolute atomic E-state index is 11.4. The zero-order valence-corrected chi connectivity index (χ0v) is 12.0. The van der Waals surface area contributed by atoms with Crippen molar-refractivity contribution in [3.63, 3.8) is 0 Å². The van der Waals surface area contributed by atoms with E-state index in [1.54, 1.807) is 6.20 Å². The smallest absolute Gasteiger partial charge is 0.224 e. The van der Waals surface area contributed by atoms with E-state index in [9.17, 15) is 4.79 Å². The monoisotopic (exact) mass is 282 g/mol. The fourth-order valence-electron chi connectivity index (χ4n) is 2.58. The number of carbonyl (C=O) groups is 1. The number of amides is 1. The van der Waals surface area contributed by atoms with Gasteiger partial charge in [-0.1, -0.05) is 6.07 Å². The highest BCUT2D eigenvalue weighted by atomic mass is 16.1. The van der Waals surface area contributed by atoms with E-state index in [4.69, 9.17) is 5.73 Å². The average molecular weight is 282 g/mol. The molecule has 1 amide bonds.